The van der Waals surface area contributed by atoms with Crippen molar-refractivity contribution in [2.45, 2.75) is 57.7 Å². The van der Waals surface area contributed by atoms with E-state index in [-0.39, 0.29) is 23.6 Å². The molecule has 0 bridgehead atoms. The highest BCUT2D eigenvalue weighted by Crippen LogP contribution is 2.39. The highest BCUT2D eigenvalue weighted by atomic mass is 16.5. The highest BCUT2D eigenvalue weighted by molar-refractivity contribution is 5.88. The summed E-state index contributed by atoms with van der Waals surface area (Å²) in [5, 5.41) is 3.63. The molecule has 1 amide bonds. The molecule has 3 heterocycles. The SMILES string of the molecule is Cc1cc(-c2ccc(OC(C)C)cc2)cc([C@H]2CC[C@@]3(CCN(C)C3=O)N2)n1. The van der Waals surface area contributed by atoms with Crippen LogP contribution in [-0.2, 0) is 4.79 Å². The van der Waals surface area contributed by atoms with Gasteiger partial charge in [0.1, 0.15) is 11.3 Å². The lowest BCUT2D eigenvalue weighted by Gasteiger charge is -2.23. The van der Waals surface area contributed by atoms with Crippen molar-refractivity contribution in [1.82, 2.24) is 15.2 Å². The molecule has 5 heteroatoms. The Labute approximate surface area is 167 Å². The Balaban J connectivity index is 1.57. The van der Waals surface area contributed by atoms with E-state index in [0.717, 1.165) is 54.1 Å². The smallest absolute Gasteiger partial charge is 0.242 e. The second-order valence-electron chi connectivity index (χ2n) is 8.41. The van der Waals surface area contributed by atoms with Gasteiger partial charge >= 0.3 is 0 Å². The topological polar surface area (TPSA) is 54.5 Å². The van der Waals surface area contributed by atoms with Gasteiger partial charge in [0.15, 0.2) is 0 Å². The van der Waals surface area contributed by atoms with Crippen LogP contribution in [0.3, 0.4) is 0 Å². The van der Waals surface area contributed by atoms with Crippen LogP contribution in [0.4, 0.5) is 0 Å². The van der Waals surface area contributed by atoms with Gasteiger partial charge < -0.3 is 9.64 Å². The Kier molecular flexibility index (Phi) is 4.88. The number of carbonyl (C=O) groups excluding carboxylic acids is 1. The maximum atomic E-state index is 12.6. The molecule has 2 saturated heterocycles. The molecule has 0 radical (unpaired) electrons. The molecule has 1 spiro atoms. The molecule has 1 N–H and O–H groups in total. The van der Waals surface area contributed by atoms with Gasteiger partial charge in [-0.1, -0.05) is 12.1 Å². The van der Waals surface area contributed by atoms with Gasteiger partial charge in [-0.05, 0) is 75.4 Å². The monoisotopic (exact) mass is 379 g/mol. The lowest BCUT2D eigenvalue weighted by molar-refractivity contribution is -0.131. The maximum absolute atomic E-state index is 12.6. The largest absolute Gasteiger partial charge is 0.491 e. The molecular weight excluding hydrogens is 350 g/mol. The minimum absolute atomic E-state index is 0.123. The number of benzene rings is 1. The first-order valence-electron chi connectivity index (χ1n) is 10.2. The van der Waals surface area contributed by atoms with Crippen molar-refractivity contribution in [2.75, 3.05) is 13.6 Å². The summed E-state index contributed by atoms with van der Waals surface area (Å²) in [5.41, 5.74) is 3.92. The third-order valence-electron chi connectivity index (χ3n) is 5.83. The van der Waals surface area contributed by atoms with Crippen molar-refractivity contribution >= 4 is 5.91 Å². The van der Waals surface area contributed by atoms with Crippen molar-refractivity contribution < 1.29 is 9.53 Å². The predicted molar refractivity (Wildman–Crippen MR) is 110 cm³/mol. The standard InChI is InChI=1S/C23H29N3O2/c1-15(2)28-19-7-5-17(6-8-19)18-13-16(3)24-21(14-18)20-9-10-23(25-20)11-12-26(4)22(23)27/h5-8,13-15,20,25H,9-12H2,1-4H3/t20-,23+/m1/s1. The van der Waals surface area contributed by atoms with E-state index in [1.165, 1.54) is 0 Å². The Morgan fingerprint density at radius 1 is 1.18 bits per heavy atom. The van der Waals surface area contributed by atoms with Gasteiger partial charge in [-0.2, -0.15) is 0 Å². The molecule has 4 rings (SSSR count). The summed E-state index contributed by atoms with van der Waals surface area (Å²) < 4.78 is 5.75. The number of likely N-dealkylation sites (N-methyl/N-ethyl adjacent to an activating group) is 1. The van der Waals surface area contributed by atoms with Crippen molar-refractivity contribution in [3.63, 3.8) is 0 Å². The van der Waals surface area contributed by atoms with E-state index in [2.05, 4.69) is 29.6 Å². The second-order valence-corrected chi connectivity index (χ2v) is 8.41. The summed E-state index contributed by atoms with van der Waals surface area (Å²) in [6.07, 6.45) is 2.87. The van der Waals surface area contributed by atoms with Gasteiger partial charge in [0, 0.05) is 19.3 Å². The van der Waals surface area contributed by atoms with E-state index in [9.17, 15) is 4.79 Å². The lowest BCUT2D eigenvalue weighted by atomic mass is 9.96. The molecule has 0 aliphatic carbocycles. The Morgan fingerprint density at radius 2 is 1.93 bits per heavy atom. The summed E-state index contributed by atoms with van der Waals surface area (Å²) in [4.78, 5) is 19.2. The van der Waals surface area contributed by atoms with Crippen LogP contribution in [0.15, 0.2) is 36.4 Å². The number of pyridine rings is 1. The number of nitrogens with zero attached hydrogens (tertiary/aromatic N) is 2. The van der Waals surface area contributed by atoms with Crippen LogP contribution in [0, 0.1) is 6.92 Å². The Morgan fingerprint density at radius 3 is 2.57 bits per heavy atom. The average molecular weight is 380 g/mol. The van der Waals surface area contributed by atoms with Crippen LogP contribution >= 0.6 is 0 Å². The van der Waals surface area contributed by atoms with Crippen LogP contribution in [0.1, 0.15) is 50.5 Å². The molecule has 148 valence electrons. The number of rotatable bonds is 4. The number of likely N-dealkylation sites (tertiary alicyclic amines) is 1. The molecule has 2 aromatic rings. The molecular formula is C23H29N3O2. The molecule has 2 aliphatic rings. The van der Waals surface area contributed by atoms with E-state index in [1.807, 2.05) is 44.9 Å². The summed E-state index contributed by atoms with van der Waals surface area (Å²) in [5.74, 6) is 1.11. The Hall–Kier alpha value is -2.40. The van der Waals surface area contributed by atoms with Gasteiger partial charge in [0.2, 0.25) is 5.91 Å². The minimum atomic E-state index is -0.388. The van der Waals surface area contributed by atoms with Crippen LogP contribution in [0.5, 0.6) is 5.75 Å². The summed E-state index contributed by atoms with van der Waals surface area (Å²) in [6, 6.07) is 12.6. The fourth-order valence-electron chi connectivity index (χ4n) is 4.43. The molecule has 1 aromatic carbocycles. The van der Waals surface area contributed by atoms with E-state index >= 15 is 0 Å². The second kappa shape index (κ2) is 7.21. The molecule has 1 aromatic heterocycles. The van der Waals surface area contributed by atoms with E-state index in [1.54, 1.807) is 0 Å². The van der Waals surface area contributed by atoms with Crippen molar-refractivity contribution in [3.8, 4) is 16.9 Å². The minimum Gasteiger partial charge on any atom is -0.491 e. The zero-order valence-electron chi connectivity index (χ0n) is 17.2. The summed E-state index contributed by atoms with van der Waals surface area (Å²) >= 11 is 0. The van der Waals surface area contributed by atoms with Crippen LogP contribution in [0.2, 0.25) is 0 Å². The third kappa shape index (κ3) is 3.51. The number of hydrogen-bond donors (Lipinski definition) is 1. The molecule has 2 atom stereocenters. The number of amides is 1. The number of aromatic nitrogens is 1. The van der Waals surface area contributed by atoms with Gasteiger partial charge in [-0.15, -0.1) is 0 Å². The van der Waals surface area contributed by atoms with E-state index in [0.29, 0.717) is 0 Å². The molecule has 5 nitrogen and oxygen atoms in total. The zero-order chi connectivity index (χ0) is 19.9. The quantitative estimate of drug-likeness (QED) is 0.876. The van der Waals surface area contributed by atoms with E-state index < -0.39 is 0 Å². The van der Waals surface area contributed by atoms with Gasteiger partial charge in [-0.25, -0.2) is 0 Å². The normalized spacial score (nSPS) is 24.5. The number of nitrogens with one attached hydrogen (secondary N) is 1. The maximum Gasteiger partial charge on any atom is 0.242 e. The Bertz CT molecular complexity index is 878. The van der Waals surface area contributed by atoms with Crippen molar-refractivity contribution in [1.29, 1.82) is 0 Å². The third-order valence-corrected chi connectivity index (χ3v) is 5.83. The van der Waals surface area contributed by atoms with Crippen LogP contribution in [-0.4, -0.2) is 41.0 Å². The van der Waals surface area contributed by atoms with Crippen molar-refractivity contribution in [3.05, 3.63) is 47.8 Å². The van der Waals surface area contributed by atoms with E-state index in [4.69, 9.17) is 9.72 Å². The highest BCUT2D eigenvalue weighted by Gasteiger charge is 2.50. The number of carbonyl (C=O) groups is 1. The van der Waals surface area contributed by atoms with Gasteiger partial charge in [0.25, 0.3) is 0 Å². The first-order valence-corrected chi connectivity index (χ1v) is 10.2. The first-order chi connectivity index (χ1) is 13.4. The lowest BCUT2D eigenvalue weighted by Crippen LogP contribution is -2.47. The summed E-state index contributed by atoms with van der Waals surface area (Å²) in [6.45, 7) is 6.92. The molecule has 0 saturated carbocycles. The molecule has 0 unspecified atom stereocenters. The van der Waals surface area contributed by atoms with Crippen LogP contribution in [0.25, 0.3) is 11.1 Å². The first kappa shape index (κ1) is 18.9. The zero-order valence-corrected chi connectivity index (χ0v) is 17.2. The number of aryl methyl sites for hydroxylation is 1. The van der Waals surface area contributed by atoms with Crippen LogP contribution < -0.4 is 10.1 Å². The van der Waals surface area contributed by atoms with Gasteiger partial charge in [0.05, 0.1) is 17.8 Å². The van der Waals surface area contributed by atoms with Gasteiger partial charge in [-0.3, -0.25) is 15.1 Å². The molecule has 28 heavy (non-hydrogen) atoms. The fraction of sp³-hybridized carbons (Fsp3) is 0.478. The predicted octanol–water partition coefficient (Wildman–Crippen LogP) is 3.87. The summed E-state index contributed by atoms with van der Waals surface area (Å²) in [7, 11) is 1.89. The average Bonchev–Trinajstić information content (AvgIpc) is 3.21. The molecule has 2 aliphatic heterocycles. The number of hydrogen-bond acceptors (Lipinski definition) is 4. The fourth-order valence-corrected chi connectivity index (χ4v) is 4.43. The molecule has 2 fully saturated rings. The number of ether oxygens (including phenoxy) is 1. The van der Waals surface area contributed by atoms with Crippen molar-refractivity contribution in [2.24, 2.45) is 0 Å².